The van der Waals surface area contributed by atoms with E-state index in [1.165, 1.54) is 28.3 Å². The van der Waals surface area contributed by atoms with E-state index in [0.29, 0.717) is 17.0 Å². The minimum Gasteiger partial charge on any atom is -0.350 e. The van der Waals surface area contributed by atoms with Gasteiger partial charge in [-0.1, -0.05) is 36.4 Å². The highest BCUT2D eigenvalue weighted by atomic mass is 32.1. The maximum absolute atomic E-state index is 12.5. The van der Waals surface area contributed by atoms with Crippen molar-refractivity contribution in [3.05, 3.63) is 82.1 Å². The molecule has 0 saturated heterocycles. The van der Waals surface area contributed by atoms with Gasteiger partial charge >= 0.3 is 0 Å². The van der Waals surface area contributed by atoms with Crippen molar-refractivity contribution in [3.8, 4) is 21.8 Å². The van der Waals surface area contributed by atoms with Gasteiger partial charge in [0, 0.05) is 18.2 Å². The summed E-state index contributed by atoms with van der Waals surface area (Å²) in [5.41, 5.74) is 2.59. The number of nitrogens with zero attached hydrogens (tertiary/aromatic N) is 3. The number of carbonyl (C=O) groups excluding carboxylic acids is 1. The molecule has 1 aromatic carbocycles. The van der Waals surface area contributed by atoms with Gasteiger partial charge in [-0.2, -0.15) is 10.2 Å². The van der Waals surface area contributed by atoms with Gasteiger partial charge in [0.25, 0.3) is 11.5 Å². The molecule has 0 bridgehead atoms. The van der Waals surface area contributed by atoms with E-state index in [1.54, 1.807) is 6.07 Å². The Morgan fingerprint density at radius 3 is 2.75 bits per heavy atom. The number of amides is 1. The second-order valence-electron chi connectivity index (χ2n) is 6.04. The van der Waals surface area contributed by atoms with Crippen LogP contribution in [0.3, 0.4) is 0 Å². The number of rotatable bonds is 6. The normalized spacial score (nSPS) is 10.7. The molecule has 140 valence electrons. The first kappa shape index (κ1) is 17.9. The molecular formula is C20H17N5O2S. The molecule has 3 aromatic heterocycles. The Labute approximate surface area is 164 Å². The maximum Gasteiger partial charge on any atom is 0.266 e. The van der Waals surface area contributed by atoms with Gasteiger partial charge in [0.05, 0.1) is 34.6 Å². The van der Waals surface area contributed by atoms with Crippen molar-refractivity contribution in [1.29, 1.82) is 0 Å². The molecule has 0 unspecified atom stereocenters. The first-order chi connectivity index (χ1) is 13.7. The molecule has 28 heavy (non-hydrogen) atoms. The molecule has 0 atom stereocenters. The summed E-state index contributed by atoms with van der Waals surface area (Å²) >= 11 is 1.53. The molecule has 4 rings (SSSR count). The van der Waals surface area contributed by atoms with E-state index in [1.807, 2.05) is 47.8 Å². The summed E-state index contributed by atoms with van der Waals surface area (Å²) in [5.74, 6) is -0.246. The Kier molecular flexibility index (Phi) is 5.11. The van der Waals surface area contributed by atoms with Crippen molar-refractivity contribution in [3.63, 3.8) is 0 Å². The van der Waals surface area contributed by atoms with E-state index in [0.717, 1.165) is 10.4 Å². The minimum atomic E-state index is -0.246. The van der Waals surface area contributed by atoms with Crippen LogP contribution in [0.5, 0.6) is 0 Å². The molecule has 0 spiro atoms. The van der Waals surface area contributed by atoms with Crippen LogP contribution in [-0.2, 0) is 6.54 Å². The number of hydrogen-bond donors (Lipinski definition) is 2. The van der Waals surface area contributed by atoms with Gasteiger partial charge < -0.3 is 5.32 Å². The van der Waals surface area contributed by atoms with Crippen LogP contribution < -0.4 is 10.9 Å². The number of hydrogen-bond acceptors (Lipinski definition) is 5. The molecule has 2 N–H and O–H groups in total. The van der Waals surface area contributed by atoms with Crippen LogP contribution in [0, 0.1) is 0 Å². The zero-order valence-electron chi connectivity index (χ0n) is 14.8. The van der Waals surface area contributed by atoms with Crippen LogP contribution in [0.4, 0.5) is 0 Å². The summed E-state index contributed by atoms with van der Waals surface area (Å²) in [6, 6.07) is 16.7. The number of carbonyl (C=O) groups is 1. The maximum atomic E-state index is 12.5. The van der Waals surface area contributed by atoms with E-state index >= 15 is 0 Å². The largest absolute Gasteiger partial charge is 0.350 e. The summed E-state index contributed by atoms with van der Waals surface area (Å²) in [6.45, 7) is 0.552. The van der Waals surface area contributed by atoms with Crippen molar-refractivity contribution >= 4 is 17.2 Å². The van der Waals surface area contributed by atoms with E-state index < -0.39 is 0 Å². The van der Waals surface area contributed by atoms with Crippen LogP contribution in [0.25, 0.3) is 21.8 Å². The van der Waals surface area contributed by atoms with Crippen LogP contribution in [-0.4, -0.2) is 32.4 Å². The fourth-order valence-corrected chi connectivity index (χ4v) is 3.54. The minimum absolute atomic E-state index is 0.212. The summed E-state index contributed by atoms with van der Waals surface area (Å²) in [5, 5.41) is 16.0. The fourth-order valence-electron chi connectivity index (χ4n) is 2.81. The molecule has 0 aliphatic heterocycles. The first-order valence-corrected chi connectivity index (χ1v) is 9.59. The lowest BCUT2D eigenvalue weighted by atomic mass is 10.1. The zero-order valence-corrected chi connectivity index (χ0v) is 15.6. The summed E-state index contributed by atoms with van der Waals surface area (Å²) in [7, 11) is 0. The summed E-state index contributed by atoms with van der Waals surface area (Å²) < 4.78 is 1.36. The summed E-state index contributed by atoms with van der Waals surface area (Å²) in [4.78, 5) is 25.5. The smallest absolute Gasteiger partial charge is 0.266 e. The number of thiophene rings is 1. The number of H-pyrrole nitrogens is 1. The SMILES string of the molecule is O=C(NCCn1nc(-c2ccccc2)ccc1=O)c1cn[nH]c1-c1cccs1. The highest BCUT2D eigenvalue weighted by Crippen LogP contribution is 2.25. The van der Waals surface area contributed by atoms with Gasteiger partial charge in [0.1, 0.15) is 0 Å². The molecular weight excluding hydrogens is 374 g/mol. The van der Waals surface area contributed by atoms with Crippen molar-refractivity contribution in [1.82, 2.24) is 25.3 Å². The second kappa shape index (κ2) is 8.01. The van der Waals surface area contributed by atoms with Gasteiger partial charge in [-0.15, -0.1) is 11.3 Å². The quantitative estimate of drug-likeness (QED) is 0.529. The molecule has 0 radical (unpaired) electrons. The Balaban J connectivity index is 1.44. The fraction of sp³-hybridized carbons (Fsp3) is 0.100. The van der Waals surface area contributed by atoms with Crippen LogP contribution in [0.2, 0.25) is 0 Å². The van der Waals surface area contributed by atoms with E-state index in [4.69, 9.17) is 0 Å². The van der Waals surface area contributed by atoms with Gasteiger partial charge in [-0.05, 0) is 17.5 Å². The number of nitrogens with one attached hydrogen (secondary N) is 2. The molecule has 0 aliphatic rings. The van der Waals surface area contributed by atoms with Gasteiger partial charge in [0.15, 0.2) is 0 Å². The average Bonchev–Trinajstić information content (AvgIpc) is 3.41. The Bertz CT molecular complexity index is 1130. The van der Waals surface area contributed by atoms with Gasteiger partial charge in [0.2, 0.25) is 0 Å². The Hall–Kier alpha value is -3.52. The van der Waals surface area contributed by atoms with Crippen LogP contribution in [0.15, 0.2) is 71.0 Å². The number of aromatic amines is 1. The monoisotopic (exact) mass is 391 g/mol. The molecule has 0 saturated carbocycles. The molecule has 0 aliphatic carbocycles. The lowest BCUT2D eigenvalue weighted by Crippen LogP contribution is -2.32. The molecule has 0 fully saturated rings. The highest BCUT2D eigenvalue weighted by molar-refractivity contribution is 7.13. The lowest BCUT2D eigenvalue weighted by molar-refractivity contribution is 0.0952. The van der Waals surface area contributed by atoms with E-state index in [9.17, 15) is 9.59 Å². The third kappa shape index (κ3) is 3.77. The van der Waals surface area contributed by atoms with Crippen molar-refractivity contribution in [2.24, 2.45) is 0 Å². The standard InChI is InChI=1S/C20H17N5O2S/c26-18-9-8-16(14-5-2-1-3-6-14)24-25(18)11-10-21-20(27)15-13-22-23-19(15)17-7-4-12-28-17/h1-9,12-13H,10-11H2,(H,21,27)(H,22,23). The highest BCUT2D eigenvalue weighted by Gasteiger charge is 2.15. The molecule has 8 heteroatoms. The zero-order chi connectivity index (χ0) is 19.3. The third-order valence-corrected chi connectivity index (χ3v) is 5.08. The lowest BCUT2D eigenvalue weighted by Gasteiger charge is -2.08. The predicted octanol–water partition coefficient (Wildman–Crippen LogP) is 2.79. The molecule has 3 heterocycles. The van der Waals surface area contributed by atoms with Gasteiger partial charge in [-0.3, -0.25) is 14.7 Å². The van der Waals surface area contributed by atoms with Crippen LogP contribution in [0.1, 0.15) is 10.4 Å². The third-order valence-electron chi connectivity index (χ3n) is 4.20. The second-order valence-corrected chi connectivity index (χ2v) is 6.99. The van der Waals surface area contributed by atoms with E-state index in [-0.39, 0.29) is 24.6 Å². The topological polar surface area (TPSA) is 92.7 Å². The predicted molar refractivity (Wildman–Crippen MR) is 108 cm³/mol. The average molecular weight is 391 g/mol. The van der Waals surface area contributed by atoms with Crippen molar-refractivity contribution in [2.75, 3.05) is 6.54 Å². The number of aromatic nitrogens is 4. The van der Waals surface area contributed by atoms with Gasteiger partial charge in [-0.25, -0.2) is 4.68 Å². The van der Waals surface area contributed by atoms with Crippen molar-refractivity contribution < 1.29 is 4.79 Å². The molecule has 1 amide bonds. The summed E-state index contributed by atoms with van der Waals surface area (Å²) in [6.07, 6.45) is 1.50. The number of benzene rings is 1. The Morgan fingerprint density at radius 1 is 1.11 bits per heavy atom. The Morgan fingerprint density at radius 2 is 1.96 bits per heavy atom. The first-order valence-electron chi connectivity index (χ1n) is 8.71. The molecule has 4 aromatic rings. The van der Waals surface area contributed by atoms with E-state index in [2.05, 4.69) is 20.6 Å². The molecule has 7 nitrogen and oxygen atoms in total. The van der Waals surface area contributed by atoms with Crippen molar-refractivity contribution in [2.45, 2.75) is 6.54 Å². The van der Waals surface area contributed by atoms with Crippen LogP contribution >= 0.6 is 11.3 Å².